The van der Waals surface area contributed by atoms with Gasteiger partial charge in [-0.1, -0.05) is 20.8 Å². The first-order chi connectivity index (χ1) is 8.88. The molecule has 1 N–H and O–H groups in total. The largest absolute Gasteiger partial charge is 0.377 e. The Morgan fingerprint density at radius 1 is 1.21 bits per heavy atom. The van der Waals surface area contributed by atoms with Crippen LogP contribution in [-0.4, -0.2) is 48.7 Å². The minimum Gasteiger partial charge on any atom is -0.377 e. The second-order valence-electron chi connectivity index (χ2n) is 6.95. The highest BCUT2D eigenvalue weighted by atomic mass is 16.5. The predicted molar refractivity (Wildman–Crippen MR) is 76.0 cm³/mol. The molecule has 0 aromatic heterocycles. The SMILES string of the molecule is CC1OCCC1NC1CCN(C(=O)C(C)(C)C)CC1. The molecule has 2 heterocycles. The van der Waals surface area contributed by atoms with Crippen LogP contribution in [-0.2, 0) is 9.53 Å². The molecule has 2 unspecified atom stereocenters. The van der Waals surface area contributed by atoms with Crippen molar-refractivity contribution in [3.8, 4) is 0 Å². The quantitative estimate of drug-likeness (QED) is 0.830. The van der Waals surface area contributed by atoms with Crippen LogP contribution in [0.3, 0.4) is 0 Å². The molecule has 0 radical (unpaired) electrons. The topological polar surface area (TPSA) is 41.6 Å². The van der Waals surface area contributed by atoms with Gasteiger partial charge in [0.15, 0.2) is 0 Å². The second kappa shape index (κ2) is 5.80. The summed E-state index contributed by atoms with van der Waals surface area (Å²) in [5, 5.41) is 3.70. The van der Waals surface area contributed by atoms with Gasteiger partial charge in [-0.15, -0.1) is 0 Å². The van der Waals surface area contributed by atoms with Gasteiger partial charge in [-0.3, -0.25) is 4.79 Å². The number of carbonyl (C=O) groups is 1. The van der Waals surface area contributed by atoms with Crippen LogP contribution in [0.4, 0.5) is 0 Å². The van der Waals surface area contributed by atoms with E-state index < -0.39 is 0 Å². The summed E-state index contributed by atoms with van der Waals surface area (Å²) in [5.74, 6) is 0.281. The lowest BCUT2D eigenvalue weighted by molar-refractivity contribution is -0.140. The maximum Gasteiger partial charge on any atom is 0.227 e. The number of piperidine rings is 1. The smallest absolute Gasteiger partial charge is 0.227 e. The van der Waals surface area contributed by atoms with E-state index in [1.807, 2.05) is 25.7 Å². The van der Waals surface area contributed by atoms with Crippen molar-refractivity contribution in [3.63, 3.8) is 0 Å². The molecule has 4 heteroatoms. The van der Waals surface area contributed by atoms with Crippen LogP contribution < -0.4 is 5.32 Å². The monoisotopic (exact) mass is 268 g/mol. The van der Waals surface area contributed by atoms with E-state index in [0.29, 0.717) is 18.2 Å². The van der Waals surface area contributed by atoms with E-state index in [2.05, 4.69) is 12.2 Å². The molecule has 0 aliphatic carbocycles. The van der Waals surface area contributed by atoms with E-state index in [1.165, 1.54) is 0 Å². The number of amides is 1. The molecule has 0 saturated carbocycles. The molecule has 110 valence electrons. The average molecular weight is 268 g/mol. The molecule has 19 heavy (non-hydrogen) atoms. The van der Waals surface area contributed by atoms with Crippen molar-refractivity contribution < 1.29 is 9.53 Å². The Bertz CT molecular complexity index is 317. The first-order valence-corrected chi connectivity index (χ1v) is 7.55. The summed E-state index contributed by atoms with van der Waals surface area (Å²) in [5.41, 5.74) is -0.256. The van der Waals surface area contributed by atoms with Gasteiger partial charge in [-0.2, -0.15) is 0 Å². The molecule has 1 amide bonds. The van der Waals surface area contributed by atoms with Gasteiger partial charge >= 0.3 is 0 Å². The van der Waals surface area contributed by atoms with E-state index in [-0.39, 0.29) is 11.3 Å². The zero-order valence-corrected chi connectivity index (χ0v) is 12.7. The van der Waals surface area contributed by atoms with Gasteiger partial charge < -0.3 is 15.0 Å². The van der Waals surface area contributed by atoms with E-state index in [0.717, 1.165) is 39.0 Å². The summed E-state index contributed by atoms with van der Waals surface area (Å²) in [7, 11) is 0. The molecule has 2 atom stereocenters. The van der Waals surface area contributed by atoms with Crippen LogP contribution in [0.25, 0.3) is 0 Å². The summed E-state index contributed by atoms with van der Waals surface area (Å²) in [6, 6.07) is 1.04. The molecule has 2 aliphatic heterocycles. The minimum absolute atomic E-state index is 0.256. The lowest BCUT2D eigenvalue weighted by Crippen LogP contribution is -2.51. The van der Waals surface area contributed by atoms with Crippen molar-refractivity contribution in [2.24, 2.45) is 5.41 Å². The predicted octanol–water partition coefficient (Wildman–Crippen LogP) is 1.79. The van der Waals surface area contributed by atoms with Gasteiger partial charge in [0, 0.05) is 37.2 Å². The molecule has 0 bridgehead atoms. The number of carbonyl (C=O) groups excluding carboxylic acids is 1. The van der Waals surface area contributed by atoms with E-state index in [9.17, 15) is 4.79 Å². The third kappa shape index (κ3) is 3.69. The molecule has 2 fully saturated rings. The third-order valence-corrected chi connectivity index (χ3v) is 4.25. The number of ether oxygens (including phenoxy) is 1. The van der Waals surface area contributed by atoms with E-state index >= 15 is 0 Å². The Hall–Kier alpha value is -0.610. The Balaban J connectivity index is 1.78. The summed E-state index contributed by atoms with van der Waals surface area (Å²) in [6.07, 6.45) is 3.56. The van der Waals surface area contributed by atoms with Crippen LogP contribution in [0.15, 0.2) is 0 Å². The third-order valence-electron chi connectivity index (χ3n) is 4.25. The standard InChI is InChI=1S/C15H28N2O2/c1-11-13(7-10-19-11)16-12-5-8-17(9-6-12)14(18)15(2,3)4/h11-13,16H,5-10H2,1-4H3. The molecular weight excluding hydrogens is 240 g/mol. The maximum absolute atomic E-state index is 12.2. The molecule has 2 rings (SSSR count). The first-order valence-electron chi connectivity index (χ1n) is 7.55. The van der Waals surface area contributed by atoms with Crippen molar-refractivity contribution in [2.75, 3.05) is 19.7 Å². The van der Waals surface area contributed by atoms with Crippen molar-refractivity contribution in [3.05, 3.63) is 0 Å². The Morgan fingerprint density at radius 3 is 2.32 bits per heavy atom. The molecule has 2 saturated heterocycles. The lowest BCUT2D eigenvalue weighted by atomic mass is 9.92. The van der Waals surface area contributed by atoms with Gasteiger partial charge in [-0.05, 0) is 26.2 Å². The zero-order chi connectivity index (χ0) is 14.0. The Kier molecular flexibility index (Phi) is 4.51. The van der Waals surface area contributed by atoms with Crippen molar-refractivity contribution >= 4 is 5.91 Å². The minimum atomic E-state index is -0.256. The number of hydrogen-bond donors (Lipinski definition) is 1. The summed E-state index contributed by atoms with van der Waals surface area (Å²) >= 11 is 0. The zero-order valence-electron chi connectivity index (χ0n) is 12.7. The first kappa shape index (κ1) is 14.8. The highest BCUT2D eigenvalue weighted by Gasteiger charge is 2.32. The fourth-order valence-corrected chi connectivity index (χ4v) is 2.98. The second-order valence-corrected chi connectivity index (χ2v) is 6.95. The van der Waals surface area contributed by atoms with Gasteiger partial charge in [0.05, 0.1) is 6.10 Å². The number of hydrogen-bond acceptors (Lipinski definition) is 3. The van der Waals surface area contributed by atoms with Crippen LogP contribution in [0, 0.1) is 5.41 Å². The Morgan fingerprint density at radius 2 is 1.84 bits per heavy atom. The summed E-state index contributed by atoms with van der Waals surface area (Å²) < 4.78 is 5.58. The summed E-state index contributed by atoms with van der Waals surface area (Å²) in [6.45, 7) is 10.8. The highest BCUT2D eigenvalue weighted by molar-refractivity contribution is 5.81. The van der Waals surface area contributed by atoms with Crippen LogP contribution in [0.5, 0.6) is 0 Å². The maximum atomic E-state index is 12.2. The molecule has 0 spiro atoms. The average Bonchev–Trinajstić information content (AvgIpc) is 2.74. The molecule has 4 nitrogen and oxygen atoms in total. The van der Waals surface area contributed by atoms with Gasteiger partial charge in [0.1, 0.15) is 0 Å². The summed E-state index contributed by atoms with van der Waals surface area (Å²) in [4.78, 5) is 14.2. The van der Waals surface area contributed by atoms with E-state index in [1.54, 1.807) is 0 Å². The van der Waals surface area contributed by atoms with Gasteiger partial charge in [-0.25, -0.2) is 0 Å². The van der Waals surface area contributed by atoms with Crippen LogP contribution in [0.1, 0.15) is 47.0 Å². The molecule has 0 aromatic carbocycles. The normalized spacial score (nSPS) is 29.8. The number of rotatable bonds is 2. The number of nitrogens with zero attached hydrogens (tertiary/aromatic N) is 1. The highest BCUT2D eigenvalue weighted by Crippen LogP contribution is 2.22. The number of likely N-dealkylation sites (tertiary alicyclic amines) is 1. The molecular formula is C15H28N2O2. The van der Waals surface area contributed by atoms with Crippen LogP contribution in [0.2, 0.25) is 0 Å². The molecule has 2 aliphatic rings. The van der Waals surface area contributed by atoms with Crippen molar-refractivity contribution in [1.29, 1.82) is 0 Å². The Labute approximate surface area is 116 Å². The van der Waals surface area contributed by atoms with Gasteiger partial charge in [0.25, 0.3) is 0 Å². The fourth-order valence-electron chi connectivity index (χ4n) is 2.98. The van der Waals surface area contributed by atoms with Gasteiger partial charge in [0.2, 0.25) is 5.91 Å². The fraction of sp³-hybridized carbons (Fsp3) is 0.933. The van der Waals surface area contributed by atoms with Crippen molar-refractivity contribution in [1.82, 2.24) is 10.2 Å². The van der Waals surface area contributed by atoms with E-state index in [4.69, 9.17) is 4.74 Å². The van der Waals surface area contributed by atoms with Crippen LogP contribution >= 0.6 is 0 Å². The number of nitrogens with one attached hydrogen (secondary N) is 1. The molecule has 0 aromatic rings. The lowest BCUT2D eigenvalue weighted by Gasteiger charge is -2.37. The van der Waals surface area contributed by atoms with Crippen molar-refractivity contribution in [2.45, 2.75) is 65.1 Å².